The molecule has 0 N–H and O–H groups in total. The van der Waals surface area contributed by atoms with E-state index in [1.54, 1.807) is 24.0 Å². The fourth-order valence-electron chi connectivity index (χ4n) is 3.71. The lowest BCUT2D eigenvalue weighted by Gasteiger charge is -2.48. The minimum atomic E-state index is -0.359. The van der Waals surface area contributed by atoms with Crippen molar-refractivity contribution in [1.82, 2.24) is 4.90 Å². The molecule has 1 heterocycles. The number of hydrogen-bond donors (Lipinski definition) is 0. The molecule has 2 aromatic rings. The molecule has 0 bridgehead atoms. The summed E-state index contributed by atoms with van der Waals surface area (Å²) in [6.45, 7) is 7.15. The number of halogens is 3. The average Bonchev–Trinajstić information content (AvgIpc) is 2.69. The van der Waals surface area contributed by atoms with Gasteiger partial charge in [0, 0.05) is 23.1 Å². The van der Waals surface area contributed by atoms with E-state index in [0.717, 1.165) is 11.3 Å². The molecular formula is C21H22Cl3N3O2. The molecule has 0 saturated carbocycles. The first-order chi connectivity index (χ1) is 14.0. The minimum Gasteiger partial charge on any atom is -0.450 e. The lowest BCUT2D eigenvalue weighted by Crippen LogP contribution is -2.58. The van der Waals surface area contributed by atoms with Gasteiger partial charge in [-0.15, -0.1) is 0 Å². The molecule has 0 aliphatic carbocycles. The predicted octanol–water partition coefficient (Wildman–Crippen LogP) is 5.74. The highest BCUT2D eigenvalue weighted by atomic mass is 35.5. The van der Waals surface area contributed by atoms with Crippen molar-refractivity contribution in [2.24, 2.45) is 4.99 Å². The Morgan fingerprint density at radius 2 is 1.83 bits per heavy atom. The van der Waals surface area contributed by atoms with Crippen LogP contribution in [0.2, 0.25) is 15.1 Å². The number of carbonyl (C=O) groups excluding carboxylic acids is 1. The quantitative estimate of drug-likeness (QED) is 0.541. The Kier molecular flexibility index (Phi) is 7.28. The van der Waals surface area contributed by atoms with Gasteiger partial charge in [0.25, 0.3) is 0 Å². The number of piperazine rings is 1. The van der Waals surface area contributed by atoms with Crippen molar-refractivity contribution in [3.63, 3.8) is 0 Å². The Labute approximate surface area is 185 Å². The van der Waals surface area contributed by atoms with E-state index in [-0.39, 0.29) is 18.2 Å². The number of amides is 1. The number of hydrogen-bond acceptors (Lipinski definition) is 4. The van der Waals surface area contributed by atoms with Gasteiger partial charge in [0.05, 0.1) is 35.9 Å². The van der Waals surface area contributed by atoms with E-state index >= 15 is 0 Å². The summed E-state index contributed by atoms with van der Waals surface area (Å²) in [5.41, 5.74) is 1.83. The Morgan fingerprint density at radius 3 is 2.45 bits per heavy atom. The monoisotopic (exact) mass is 453 g/mol. The molecule has 29 heavy (non-hydrogen) atoms. The van der Waals surface area contributed by atoms with Gasteiger partial charge in [0.2, 0.25) is 0 Å². The molecule has 2 aromatic carbocycles. The molecule has 1 aliphatic heterocycles. The molecule has 3 rings (SSSR count). The van der Waals surface area contributed by atoms with Crippen LogP contribution < -0.4 is 4.90 Å². The van der Waals surface area contributed by atoms with Crippen LogP contribution in [0.3, 0.4) is 0 Å². The van der Waals surface area contributed by atoms with Crippen LogP contribution in [-0.2, 0) is 4.74 Å². The summed E-state index contributed by atoms with van der Waals surface area (Å²) in [7, 11) is 0. The van der Waals surface area contributed by atoms with Gasteiger partial charge in [-0.2, -0.15) is 0 Å². The minimum absolute atomic E-state index is 0.213. The number of benzene rings is 2. The Morgan fingerprint density at radius 1 is 1.14 bits per heavy atom. The van der Waals surface area contributed by atoms with Crippen LogP contribution in [0.15, 0.2) is 47.5 Å². The summed E-state index contributed by atoms with van der Waals surface area (Å²) in [5, 5.41) is 1.75. The van der Waals surface area contributed by atoms with Gasteiger partial charge in [-0.25, -0.2) is 4.79 Å². The zero-order chi connectivity index (χ0) is 21.0. The largest absolute Gasteiger partial charge is 0.450 e. The van der Waals surface area contributed by atoms with E-state index in [1.165, 1.54) is 0 Å². The van der Waals surface area contributed by atoms with E-state index in [2.05, 4.69) is 16.6 Å². The number of ether oxygens (including phenoxy) is 1. The Balaban J connectivity index is 2.09. The molecule has 1 fully saturated rings. The van der Waals surface area contributed by atoms with Crippen LogP contribution in [0.5, 0.6) is 0 Å². The highest BCUT2D eigenvalue weighted by Gasteiger charge is 2.41. The van der Waals surface area contributed by atoms with Crippen molar-refractivity contribution in [3.05, 3.63) is 63.1 Å². The highest BCUT2D eigenvalue weighted by molar-refractivity contribution is 6.36. The van der Waals surface area contributed by atoms with Gasteiger partial charge in [-0.1, -0.05) is 46.9 Å². The van der Waals surface area contributed by atoms with Crippen molar-refractivity contribution in [2.75, 3.05) is 31.1 Å². The lowest BCUT2D eigenvalue weighted by molar-refractivity contribution is 0.0765. The molecule has 1 saturated heterocycles. The standard InChI is InChI=1S/C21H22Cl3N3O2/c1-3-29-21(28)27-11-10-26(18-9-8-16(23)12-17(18)24)20(19(27)13-25-2)14-4-6-15(22)7-5-14/h4-9,12,19-20H,2-3,10-11,13H2,1H3. The van der Waals surface area contributed by atoms with Crippen molar-refractivity contribution >= 4 is 53.3 Å². The predicted molar refractivity (Wildman–Crippen MR) is 120 cm³/mol. The van der Waals surface area contributed by atoms with E-state index in [1.807, 2.05) is 30.3 Å². The first-order valence-corrected chi connectivity index (χ1v) is 10.4. The molecule has 2 atom stereocenters. The summed E-state index contributed by atoms with van der Waals surface area (Å²) in [6.07, 6.45) is -0.359. The van der Waals surface area contributed by atoms with Gasteiger partial charge in [-0.05, 0) is 49.5 Å². The Bertz CT molecular complexity index is 876. The third-order valence-electron chi connectivity index (χ3n) is 4.93. The zero-order valence-electron chi connectivity index (χ0n) is 16.0. The van der Waals surface area contributed by atoms with Gasteiger partial charge in [0.1, 0.15) is 0 Å². The van der Waals surface area contributed by atoms with Crippen LogP contribution in [0, 0.1) is 0 Å². The van der Waals surface area contributed by atoms with Gasteiger partial charge in [0.15, 0.2) is 0 Å². The molecule has 1 aliphatic rings. The second-order valence-corrected chi connectivity index (χ2v) is 7.93. The third kappa shape index (κ3) is 4.80. The van der Waals surface area contributed by atoms with Gasteiger partial charge in [-0.3, -0.25) is 9.89 Å². The van der Waals surface area contributed by atoms with E-state index in [0.29, 0.717) is 41.3 Å². The SMILES string of the molecule is C=NCC1C(c2ccc(Cl)cc2)N(c2ccc(Cl)cc2Cl)CCN1C(=O)OCC. The first kappa shape index (κ1) is 21.8. The molecule has 2 unspecified atom stereocenters. The summed E-state index contributed by atoms with van der Waals surface area (Å²) < 4.78 is 5.28. The molecule has 154 valence electrons. The van der Waals surface area contributed by atoms with Crippen LogP contribution in [0.4, 0.5) is 10.5 Å². The lowest BCUT2D eigenvalue weighted by atomic mass is 9.93. The maximum absolute atomic E-state index is 12.6. The fraction of sp³-hybridized carbons (Fsp3) is 0.333. The molecule has 0 radical (unpaired) electrons. The second-order valence-electron chi connectivity index (χ2n) is 6.65. The second kappa shape index (κ2) is 9.70. The number of aliphatic imine (C=N–C) groups is 1. The zero-order valence-corrected chi connectivity index (χ0v) is 18.3. The number of anilines is 1. The number of carbonyl (C=O) groups is 1. The van der Waals surface area contributed by atoms with Crippen LogP contribution >= 0.6 is 34.8 Å². The van der Waals surface area contributed by atoms with Crippen molar-refractivity contribution < 1.29 is 9.53 Å². The molecule has 0 spiro atoms. The summed E-state index contributed by atoms with van der Waals surface area (Å²) >= 11 is 18.7. The molecule has 1 amide bonds. The molecule has 8 heteroatoms. The summed E-state index contributed by atoms with van der Waals surface area (Å²) in [5.74, 6) is 0. The maximum atomic E-state index is 12.6. The maximum Gasteiger partial charge on any atom is 0.410 e. The van der Waals surface area contributed by atoms with Crippen LogP contribution in [0.25, 0.3) is 0 Å². The fourth-order valence-corrected chi connectivity index (χ4v) is 4.35. The first-order valence-electron chi connectivity index (χ1n) is 9.29. The molecule has 0 aromatic heterocycles. The van der Waals surface area contributed by atoms with Crippen molar-refractivity contribution in [1.29, 1.82) is 0 Å². The highest BCUT2D eigenvalue weighted by Crippen LogP contribution is 2.39. The molecular weight excluding hydrogens is 433 g/mol. The topological polar surface area (TPSA) is 45.1 Å². The smallest absolute Gasteiger partial charge is 0.410 e. The van der Waals surface area contributed by atoms with Crippen LogP contribution in [-0.4, -0.2) is 50.0 Å². The number of nitrogens with zero attached hydrogens (tertiary/aromatic N) is 3. The Hall–Kier alpha value is -1.95. The summed E-state index contributed by atoms with van der Waals surface area (Å²) in [4.78, 5) is 20.6. The van der Waals surface area contributed by atoms with E-state index in [9.17, 15) is 4.79 Å². The normalized spacial score (nSPS) is 19.2. The van der Waals surface area contributed by atoms with Gasteiger partial charge >= 0.3 is 6.09 Å². The van der Waals surface area contributed by atoms with Gasteiger partial charge < -0.3 is 9.64 Å². The van der Waals surface area contributed by atoms with Crippen LogP contribution in [0.1, 0.15) is 18.5 Å². The van der Waals surface area contributed by atoms with Crippen molar-refractivity contribution in [3.8, 4) is 0 Å². The summed E-state index contributed by atoms with van der Waals surface area (Å²) in [6, 6.07) is 12.5. The number of rotatable bonds is 5. The average molecular weight is 455 g/mol. The molecule has 5 nitrogen and oxygen atoms in total. The van der Waals surface area contributed by atoms with Crippen molar-refractivity contribution in [2.45, 2.75) is 19.0 Å². The third-order valence-corrected chi connectivity index (χ3v) is 5.72. The van der Waals surface area contributed by atoms with E-state index in [4.69, 9.17) is 39.5 Å². The van der Waals surface area contributed by atoms with E-state index < -0.39 is 0 Å².